The van der Waals surface area contributed by atoms with Gasteiger partial charge in [0.2, 0.25) is 0 Å². The molecule has 0 unspecified atom stereocenters. The molecule has 0 saturated heterocycles. The van der Waals surface area contributed by atoms with Gasteiger partial charge in [0, 0.05) is 17.1 Å². The second-order valence-corrected chi connectivity index (χ2v) is 17.7. The first-order valence-electron chi connectivity index (χ1n) is 11.3. The quantitative estimate of drug-likeness (QED) is 0.178. The molecule has 0 N–H and O–H groups in total. The van der Waals surface area contributed by atoms with Crippen molar-refractivity contribution in [2.24, 2.45) is 0 Å². The lowest BCUT2D eigenvalue weighted by Crippen LogP contribution is -2.40. The van der Waals surface area contributed by atoms with E-state index in [1.807, 2.05) is 51.1 Å². The lowest BCUT2D eigenvalue weighted by atomic mass is 10.1. The molecule has 3 aromatic rings. The maximum atomic E-state index is 13.9. The number of carbonyl (C=O) groups excluding carboxylic acids is 1. The van der Waals surface area contributed by atoms with Crippen LogP contribution in [0.4, 0.5) is 0 Å². The van der Waals surface area contributed by atoms with Crippen LogP contribution in [0.1, 0.15) is 53.4 Å². The molecule has 184 valence electrons. The molecule has 0 radical (unpaired) electrons. The number of benzene rings is 2. The molecular weight excluding hydrogens is 530 g/mol. The lowest BCUT2D eigenvalue weighted by molar-refractivity contribution is 0.102. The number of fused-ring (bicyclic) bond motifs is 1. The Hall–Kier alpha value is -1.74. The topological polar surface area (TPSA) is 65.4 Å². The highest BCUT2D eigenvalue weighted by atomic mass is 79.9. The van der Waals surface area contributed by atoms with Gasteiger partial charge in [-0.1, -0.05) is 66.5 Å². The summed E-state index contributed by atoms with van der Waals surface area (Å²) in [6.07, 6.45) is 1.46. The molecule has 0 aliphatic heterocycles. The summed E-state index contributed by atoms with van der Waals surface area (Å²) in [4.78, 5) is 12.9. The Kier molecular flexibility index (Phi) is 7.40. The van der Waals surface area contributed by atoms with Crippen molar-refractivity contribution >= 4 is 51.0 Å². The maximum absolute atomic E-state index is 13.9. The second-order valence-electron chi connectivity index (χ2n) is 10.5. The van der Waals surface area contributed by atoms with Crippen LogP contribution in [0.3, 0.4) is 0 Å². The van der Waals surface area contributed by atoms with Crippen LogP contribution in [0.25, 0.3) is 10.9 Å². The predicted octanol–water partition coefficient (Wildman–Crippen LogP) is 6.90. The van der Waals surface area contributed by atoms with Crippen molar-refractivity contribution in [3.63, 3.8) is 0 Å². The lowest BCUT2D eigenvalue weighted by Gasteiger charge is -2.36. The van der Waals surface area contributed by atoms with Crippen molar-refractivity contribution < 1.29 is 17.6 Å². The van der Waals surface area contributed by atoms with Gasteiger partial charge in [0.25, 0.3) is 10.0 Å². The number of nitrogens with zero attached hydrogens (tertiary/aromatic N) is 1. The van der Waals surface area contributed by atoms with Crippen molar-refractivity contribution in [1.29, 1.82) is 0 Å². The molecule has 2 aromatic carbocycles. The van der Waals surface area contributed by atoms with Crippen molar-refractivity contribution in [1.82, 2.24) is 3.97 Å². The van der Waals surface area contributed by atoms with Gasteiger partial charge >= 0.3 is 0 Å². The summed E-state index contributed by atoms with van der Waals surface area (Å²) in [7, 11) is -5.91. The highest BCUT2D eigenvalue weighted by Crippen LogP contribution is 2.37. The van der Waals surface area contributed by atoms with Crippen LogP contribution in [-0.4, -0.2) is 31.8 Å². The summed E-state index contributed by atoms with van der Waals surface area (Å²) < 4.78 is 35.4. The van der Waals surface area contributed by atoms with E-state index in [1.54, 1.807) is 0 Å². The highest BCUT2D eigenvalue weighted by Gasteiger charge is 2.37. The van der Waals surface area contributed by atoms with E-state index in [4.69, 9.17) is 4.43 Å². The summed E-state index contributed by atoms with van der Waals surface area (Å²) >= 11 is 3.23. The third-order valence-corrected chi connectivity index (χ3v) is 13.8. The van der Waals surface area contributed by atoms with Gasteiger partial charge in [-0.25, -0.2) is 12.4 Å². The van der Waals surface area contributed by atoms with E-state index in [2.05, 4.69) is 49.8 Å². The van der Waals surface area contributed by atoms with Crippen LogP contribution in [0, 0.1) is 20.8 Å². The molecular formula is C26H34BrNO4SSi. The number of rotatable bonds is 7. The van der Waals surface area contributed by atoms with E-state index in [-0.39, 0.29) is 21.0 Å². The van der Waals surface area contributed by atoms with Crippen molar-refractivity contribution in [2.45, 2.75) is 71.2 Å². The van der Waals surface area contributed by atoms with Gasteiger partial charge in [-0.3, -0.25) is 4.79 Å². The van der Waals surface area contributed by atoms with Gasteiger partial charge in [0.05, 0.1) is 22.3 Å². The Morgan fingerprint density at radius 3 is 2.18 bits per heavy atom. The van der Waals surface area contributed by atoms with Gasteiger partial charge in [-0.2, -0.15) is 0 Å². The summed E-state index contributed by atoms with van der Waals surface area (Å²) in [5, 5.41) is 0.799. The number of ketones is 1. The van der Waals surface area contributed by atoms with E-state index in [9.17, 15) is 13.2 Å². The Labute approximate surface area is 212 Å². The van der Waals surface area contributed by atoms with E-state index in [1.165, 1.54) is 10.2 Å². The fourth-order valence-electron chi connectivity index (χ4n) is 3.98. The Bertz CT molecular complexity index is 1340. The zero-order chi connectivity index (χ0) is 25.6. The zero-order valence-corrected chi connectivity index (χ0v) is 24.6. The van der Waals surface area contributed by atoms with Gasteiger partial charge in [0.1, 0.15) is 0 Å². The Balaban J connectivity index is 2.20. The number of carbonyl (C=O) groups is 1. The summed E-state index contributed by atoms with van der Waals surface area (Å²) in [6, 6.07) is 9.32. The highest BCUT2D eigenvalue weighted by molar-refractivity contribution is 9.09. The first kappa shape index (κ1) is 26.9. The molecule has 1 aromatic heterocycles. The minimum absolute atomic E-state index is 0.0661. The predicted molar refractivity (Wildman–Crippen MR) is 145 cm³/mol. The van der Waals surface area contributed by atoms with E-state index in [0.717, 1.165) is 11.1 Å². The smallest absolute Gasteiger partial charge is 0.268 e. The van der Waals surface area contributed by atoms with Crippen LogP contribution >= 0.6 is 15.9 Å². The molecule has 0 fully saturated rings. The molecule has 1 heterocycles. The largest absolute Gasteiger partial charge is 0.413 e. The van der Waals surface area contributed by atoms with Crippen LogP contribution in [0.5, 0.6) is 0 Å². The Morgan fingerprint density at radius 2 is 1.65 bits per heavy atom. The number of alkyl halides is 1. The van der Waals surface area contributed by atoms with E-state index < -0.39 is 18.3 Å². The van der Waals surface area contributed by atoms with E-state index in [0.29, 0.717) is 34.2 Å². The molecule has 8 heteroatoms. The van der Waals surface area contributed by atoms with Crippen molar-refractivity contribution in [2.75, 3.05) is 5.33 Å². The molecule has 3 rings (SSSR count). The van der Waals surface area contributed by atoms with Crippen molar-refractivity contribution in [3.05, 3.63) is 64.3 Å². The number of hydrogen-bond donors (Lipinski definition) is 0. The van der Waals surface area contributed by atoms with Crippen LogP contribution in [-0.2, 0) is 21.1 Å². The van der Waals surface area contributed by atoms with Crippen LogP contribution in [0.2, 0.25) is 18.1 Å². The number of halogens is 1. The van der Waals surface area contributed by atoms with Crippen molar-refractivity contribution in [3.8, 4) is 0 Å². The first-order valence-corrected chi connectivity index (χ1v) is 16.8. The van der Waals surface area contributed by atoms with Gasteiger partial charge in [-0.15, -0.1) is 0 Å². The molecule has 0 amide bonds. The molecule has 0 aliphatic carbocycles. The van der Waals surface area contributed by atoms with Crippen LogP contribution < -0.4 is 0 Å². The molecule has 0 bridgehead atoms. The van der Waals surface area contributed by atoms with Gasteiger partial charge in [0.15, 0.2) is 14.1 Å². The summed E-state index contributed by atoms with van der Waals surface area (Å²) in [5.41, 5.74) is 4.12. The summed E-state index contributed by atoms with van der Waals surface area (Å²) in [5.74, 6) is -0.165. The number of aromatic nitrogens is 1. The molecule has 0 spiro atoms. The normalized spacial score (nSPS) is 13.0. The standard InChI is InChI=1S/C26H34BrNO4SSi/c1-17-11-18(2)25(19(3)12-17)33(30,31)28-15-22(24(29)14-27)21-10-9-20(13-23(21)28)16-32-34(7,8)26(4,5)6/h9-13,15H,14,16H2,1-8H3. The molecule has 0 atom stereocenters. The number of Topliss-reactive ketones (excluding diaryl/α,β-unsaturated/α-hetero) is 1. The molecule has 0 aliphatic rings. The monoisotopic (exact) mass is 563 g/mol. The maximum Gasteiger partial charge on any atom is 0.268 e. The fraction of sp³-hybridized carbons (Fsp3) is 0.423. The SMILES string of the molecule is Cc1cc(C)c(S(=O)(=O)n2cc(C(=O)CBr)c3ccc(CO[Si](C)(C)C(C)(C)C)cc32)c(C)c1. The first-order chi connectivity index (χ1) is 15.6. The third-order valence-electron chi connectivity index (χ3n) is 6.79. The average Bonchev–Trinajstić information content (AvgIpc) is 3.09. The van der Waals surface area contributed by atoms with E-state index >= 15 is 0 Å². The van der Waals surface area contributed by atoms with Gasteiger partial charge in [-0.05, 0) is 61.7 Å². The average molecular weight is 565 g/mol. The minimum Gasteiger partial charge on any atom is -0.413 e. The molecule has 0 saturated carbocycles. The molecule has 5 nitrogen and oxygen atoms in total. The summed E-state index contributed by atoms with van der Waals surface area (Å²) in [6.45, 7) is 16.9. The number of aryl methyl sites for hydroxylation is 3. The van der Waals surface area contributed by atoms with Gasteiger partial charge < -0.3 is 4.43 Å². The second kappa shape index (κ2) is 9.37. The van der Waals surface area contributed by atoms with Crippen LogP contribution in [0.15, 0.2) is 41.4 Å². The zero-order valence-electron chi connectivity index (χ0n) is 21.2. The molecule has 34 heavy (non-hydrogen) atoms. The Morgan fingerprint density at radius 1 is 1.06 bits per heavy atom. The minimum atomic E-state index is -3.93. The fourth-order valence-corrected chi connectivity index (χ4v) is 7.02. The third kappa shape index (κ3) is 4.96. The number of hydrogen-bond acceptors (Lipinski definition) is 4.